The van der Waals surface area contributed by atoms with Crippen molar-refractivity contribution >= 4 is 22.6 Å². The average molecular weight is 423 g/mol. The van der Waals surface area contributed by atoms with Gasteiger partial charge in [0.25, 0.3) is 11.5 Å². The molecule has 0 aliphatic carbocycles. The number of pyridine rings is 2. The number of hydrogen-bond donors (Lipinski definition) is 1. The zero-order valence-electron chi connectivity index (χ0n) is 17.5. The number of nitrogens with one attached hydrogen (secondary N) is 1. The third kappa shape index (κ3) is 3.54. The molecule has 4 aromatic heterocycles. The summed E-state index contributed by atoms with van der Waals surface area (Å²) in [5, 5.41) is 3.35. The molecule has 0 radical (unpaired) electrons. The van der Waals surface area contributed by atoms with Crippen molar-refractivity contribution in [1.82, 2.24) is 24.3 Å². The van der Waals surface area contributed by atoms with Gasteiger partial charge in [0.15, 0.2) is 0 Å². The molecule has 32 heavy (non-hydrogen) atoms. The van der Waals surface area contributed by atoms with Crippen LogP contribution in [0.3, 0.4) is 0 Å². The number of hydrogen-bond acceptors (Lipinski definition) is 4. The first kappa shape index (κ1) is 19.7. The minimum Gasteiger partial charge on any atom is -0.347 e. The van der Waals surface area contributed by atoms with Crippen LogP contribution in [0.15, 0.2) is 84.0 Å². The van der Waals surface area contributed by atoms with Crippen molar-refractivity contribution in [3.63, 3.8) is 0 Å². The van der Waals surface area contributed by atoms with Crippen molar-refractivity contribution in [2.24, 2.45) is 0 Å². The second kappa shape index (κ2) is 8.11. The second-order valence-electron chi connectivity index (χ2n) is 7.68. The van der Waals surface area contributed by atoms with Crippen LogP contribution in [0.25, 0.3) is 16.7 Å². The molecule has 0 saturated heterocycles. The average Bonchev–Trinajstić information content (AvgIpc) is 3.18. The first-order valence-corrected chi connectivity index (χ1v) is 10.3. The highest BCUT2D eigenvalue weighted by atomic mass is 16.2. The van der Waals surface area contributed by atoms with Crippen LogP contribution < -0.4 is 10.9 Å². The molecule has 0 bridgehead atoms. The first-order chi connectivity index (χ1) is 15.6. The highest BCUT2D eigenvalue weighted by Gasteiger charge is 2.20. The van der Waals surface area contributed by atoms with Crippen LogP contribution in [-0.4, -0.2) is 24.8 Å². The number of aryl methyl sites for hydroxylation is 1. The highest BCUT2D eigenvalue weighted by molar-refractivity contribution is 5.98. The van der Waals surface area contributed by atoms with Crippen LogP contribution in [0.5, 0.6) is 0 Å². The Bertz CT molecular complexity index is 1490. The predicted molar refractivity (Wildman–Crippen MR) is 123 cm³/mol. The third-order valence-corrected chi connectivity index (χ3v) is 5.48. The monoisotopic (exact) mass is 423 g/mol. The van der Waals surface area contributed by atoms with Gasteiger partial charge in [-0.1, -0.05) is 42.5 Å². The number of carbonyl (C=O) groups excluding carboxylic acids is 1. The zero-order chi connectivity index (χ0) is 22.1. The van der Waals surface area contributed by atoms with Gasteiger partial charge in [0.1, 0.15) is 17.0 Å². The Morgan fingerprint density at radius 2 is 1.81 bits per heavy atom. The van der Waals surface area contributed by atoms with Crippen LogP contribution in [0.1, 0.15) is 27.2 Å². The van der Waals surface area contributed by atoms with Crippen molar-refractivity contribution in [2.45, 2.75) is 20.0 Å². The number of fused-ring (bicyclic) bond motifs is 2. The lowest BCUT2D eigenvalue weighted by Gasteiger charge is -2.11. The Morgan fingerprint density at radius 1 is 1.00 bits per heavy atom. The molecule has 5 aromatic rings. The molecule has 7 heteroatoms. The maximum Gasteiger partial charge on any atom is 0.268 e. The van der Waals surface area contributed by atoms with Crippen molar-refractivity contribution in [2.75, 3.05) is 0 Å². The van der Waals surface area contributed by atoms with Gasteiger partial charge in [0, 0.05) is 31.7 Å². The van der Waals surface area contributed by atoms with Gasteiger partial charge in [0.2, 0.25) is 0 Å². The van der Waals surface area contributed by atoms with Gasteiger partial charge in [-0.05, 0) is 41.8 Å². The van der Waals surface area contributed by atoms with E-state index >= 15 is 0 Å². The molecule has 0 spiro atoms. The van der Waals surface area contributed by atoms with Crippen molar-refractivity contribution in [3.05, 3.63) is 112 Å². The molecule has 0 fully saturated rings. The van der Waals surface area contributed by atoms with E-state index in [4.69, 9.17) is 4.98 Å². The molecule has 7 nitrogen and oxygen atoms in total. The molecule has 1 aromatic carbocycles. The Balaban J connectivity index is 1.65. The Kier molecular flexibility index (Phi) is 4.99. The molecule has 0 aliphatic rings. The summed E-state index contributed by atoms with van der Waals surface area (Å²) in [6.45, 7) is 2.68. The van der Waals surface area contributed by atoms with E-state index in [0.29, 0.717) is 35.5 Å². The molecule has 0 saturated carbocycles. The van der Waals surface area contributed by atoms with Crippen molar-refractivity contribution < 1.29 is 4.79 Å². The summed E-state index contributed by atoms with van der Waals surface area (Å²) in [6.07, 6.45) is 5.10. The van der Waals surface area contributed by atoms with Gasteiger partial charge in [-0.25, -0.2) is 4.98 Å². The molecule has 4 heterocycles. The SMILES string of the molecule is Cc1cccn2c(=O)c3cc(C(=O)NCc4cccnc4)n(Cc4ccccc4)c3nc12. The number of rotatable bonds is 5. The Morgan fingerprint density at radius 3 is 2.59 bits per heavy atom. The summed E-state index contributed by atoms with van der Waals surface area (Å²) < 4.78 is 3.35. The normalized spacial score (nSPS) is 11.2. The zero-order valence-corrected chi connectivity index (χ0v) is 17.5. The third-order valence-electron chi connectivity index (χ3n) is 5.48. The van der Waals surface area contributed by atoms with Gasteiger partial charge < -0.3 is 9.88 Å². The van der Waals surface area contributed by atoms with E-state index in [1.165, 1.54) is 4.40 Å². The van der Waals surface area contributed by atoms with E-state index in [2.05, 4.69) is 10.3 Å². The van der Waals surface area contributed by atoms with E-state index in [9.17, 15) is 9.59 Å². The number of amides is 1. The van der Waals surface area contributed by atoms with E-state index in [0.717, 1.165) is 16.7 Å². The van der Waals surface area contributed by atoms with E-state index in [-0.39, 0.29) is 11.5 Å². The predicted octanol–water partition coefficient (Wildman–Crippen LogP) is 3.33. The number of aromatic nitrogens is 4. The number of nitrogens with zero attached hydrogens (tertiary/aromatic N) is 4. The molecule has 0 atom stereocenters. The summed E-state index contributed by atoms with van der Waals surface area (Å²) >= 11 is 0. The fourth-order valence-corrected chi connectivity index (χ4v) is 3.85. The standard InChI is InChI=1S/C25H21N5O2/c1-17-7-6-12-29-22(17)28-23-20(25(29)32)13-21(30(23)16-18-8-3-2-4-9-18)24(31)27-15-19-10-5-11-26-14-19/h2-14H,15-16H2,1H3,(H,27,31). The summed E-state index contributed by atoms with van der Waals surface area (Å²) in [7, 11) is 0. The van der Waals surface area contributed by atoms with E-state index in [1.54, 1.807) is 24.7 Å². The fourth-order valence-electron chi connectivity index (χ4n) is 3.85. The Hall–Kier alpha value is -4.26. The lowest BCUT2D eigenvalue weighted by molar-refractivity contribution is 0.0942. The fraction of sp³-hybridized carbons (Fsp3) is 0.120. The van der Waals surface area contributed by atoms with Crippen molar-refractivity contribution in [1.29, 1.82) is 0 Å². The maximum atomic E-state index is 13.2. The maximum absolute atomic E-state index is 13.2. The molecule has 1 amide bonds. The van der Waals surface area contributed by atoms with Gasteiger partial charge >= 0.3 is 0 Å². The molecular weight excluding hydrogens is 402 g/mol. The summed E-state index contributed by atoms with van der Waals surface area (Å²) in [5.41, 5.74) is 4.08. The second-order valence-corrected chi connectivity index (χ2v) is 7.68. The van der Waals surface area contributed by atoms with Gasteiger partial charge in [0.05, 0.1) is 5.39 Å². The van der Waals surface area contributed by atoms with Crippen LogP contribution in [0.4, 0.5) is 0 Å². The van der Waals surface area contributed by atoms with E-state index in [1.807, 2.05) is 66.1 Å². The molecule has 0 unspecified atom stereocenters. The van der Waals surface area contributed by atoms with Crippen LogP contribution >= 0.6 is 0 Å². The molecule has 158 valence electrons. The first-order valence-electron chi connectivity index (χ1n) is 10.3. The number of benzene rings is 1. The number of carbonyl (C=O) groups is 1. The van der Waals surface area contributed by atoms with Crippen LogP contribution in [-0.2, 0) is 13.1 Å². The summed E-state index contributed by atoms with van der Waals surface area (Å²) in [4.78, 5) is 35.3. The minimum absolute atomic E-state index is 0.193. The van der Waals surface area contributed by atoms with Crippen LogP contribution in [0.2, 0.25) is 0 Å². The lowest BCUT2D eigenvalue weighted by Crippen LogP contribution is -2.25. The molecular formula is C25H21N5O2. The lowest BCUT2D eigenvalue weighted by atomic mass is 10.2. The quantitative estimate of drug-likeness (QED) is 0.470. The van der Waals surface area contributed by atoms with Crippen LogP contribution in [0, 0.1) is 6.92 Å². The summed E-state index contributed by atoms with van der Waals surface area (Å²) in [6, 6.07) is 18.9. The van der Waals surface area contributed by atoms with E-state index < -0.39 is 0 Å². The summed E-state index contributed by atoms with van der Waals surface area (Å²) in [5.74, 6) is -0.270. The van der Waals surface area contributed by atoms with Crippen molar-refractivity contribution in [3.8, 4) is 0 Å². The largest absolute Gasteiger partial charge is 0.347 e. The molecule has 1 N–H and O–H groups in total. The minimum atomic E-state index is -0.270. The van der Waals surface area contributed by atoms with Gasteiger partial charge in [-0.3, -0.25) is 19.0 Å². The topological polar surface area (TPSA) is 81.3 Å². The molecule has 0 aliphatic heterocycles. The Labute approximate surface area is 184 Å². The van der Waals surface area contributed by atoms with Gasteiger partial charge in [-0.15, -0.1) is 0 Å². The molecule has 5 rings (SSSR count). The highest BCUT2D eigenvalue weighted by Crippen LogP contribution is 2.20. The smallest absolute Gasteiger partial charge is 0.268 e. The van der Waals surface area contributed by atoms with Gasteiger partial charge in [-0.2, -0.15) is 0 Å².